The number of carbonyl (C=O) groups is 1. The maximum absolute atomic E-state index is 12.0. The molecule has 0 fully saturated rings. The highest BCUT2D eigenvalue weighted by atomic mass is 16.1. The molecule has 0 saturated carbocycles. The molecule has 0 bridgehead atoms. The van der Waals surface area contributed by atoms with E-state index in [1.54, 1.807) is 12.4 Å². The summed E-state index contributed by atoms with van der Waals surface area (Å²) >= 11 is 0. The molecule has 0 saturated heterocycles. The van der Waals surface area contributed by atoms with Crippen molar-refractivity contribution in [2.75, 3.05) is 0 Å². The van der Waals surface area contributed by atoms with E-state index < -0.39 is 0 Å². The number of imidazole rings is 1. The fourth-order valence-corrected chi connectivity index (χ4v) is 2.40. The van der Waals surface area contributed by atoms with Crippen LogP contribution < -0.4 is 0 Å². The maximum Gasteiger partial charge on any atom is 0.198 e. The van der Waals surface area contributed by atoms with Crippen LogP contribution in [0, 0.1) is 0 Å². The molecule has 4 nitrogen and oxygen atoms in total. The van der Waals surface area contributed by atoms with Gasteiger partial charge in [0.05, 0.1) is 0 Å². The first-order valence-electron chi connectivity index (χ1n) is 6.34. The number of carbonyl (C=O) groups excluding carboxylic acids is 1. The number of ketones is 1. The van der Waals surface area contributed by atoms with Crippen molar-refractivity contribution in [2.45, 2.75) is 19.3 Å². The Bertz CT molecular complexity index is 697. The number of fused-ring (bicyclic) bond motifs is 1. The minimum Gasteiger partial charge on any atom is -0.361 e. The second kappa shape index (κ2) is 4.72. The van der Waals surface area contributed by atoms with Crippen LogP contribution in [0.15, 0.2) is 42.9 Å². The lowest BCUT2D eigenvalue weighted by Gasteiger charge is -2.08. The van der Waals surface area contributed by atoms with Crippen LogP contribution in [0.2, 0.25) is 0 Å². The summed E-state index contributed by atoms with van der Waals surface area (Å²) in [6.07, 6.45) is 5.72. The maximum atomic E-state index is 12.0. The summed E-state index contributed by atoms with van der Waals surface area (Å²) in [6, 6.07) is 8.14. The molecule has 2 aromatic heterocycles. The molecule has 0 aliphatic heterocycles. The molecule has 0 amide bonds. The van der Waals surface area contributed by atoms with Crippen LogP contribution in [-0.4, -0.2) is 20.7 Å². The molecular weight excluding hydrogens is 238 g/mol. The van der Waals surface area contributed by atoms with E-state index in [2.05, 4.69) is 27.9 Å². The normalized spacial score (nSPS) is 12.7. The standard InChI is InChI=1S/C15H15N3O/c1-10(8-14(19)15-16-6-7-17-15)12-9-18-13-5-3-2-4-11(12)13/h2-7,9-10,18H,8H2,1H3,(H,16,17). The molecule has 1 aromatic carbocycles. The molecule has 96 valence electrons. The first-order chi connectivity index (χ1) is 9.25. The minimum absolute atomic E-state index is 0.0442. The molecule has 1 atom stereocenters. The molecule has 0 spiro atoms. The number of rotatable bonds is 4. The van der Waals surface area contributed by atoms with Gasteiger partial charge in [0, 0.05) is 35.9 Å². The van der Waals surface area contributed by atoms with Crippen LogP contribution in [0.25, 0.3) is 10.9 Å². The Balaban J connectivity index is 1.84. The minimum atomic E-state index is 0.0442. The van der Waals surface area contributed by atoms with Gasteiger partial charge >= 0.3 is 0 Å². The summed E-state index contributed by atoms with van der Waals surface area (Å²) in [6.45, 7) is 2.07. The monoisotopic (exact) mass is 253 g/mol. The summed E-state index contributed by atoms with van der Waals surface area (Å²) in [5, 5.41) is 1.18. The van der Waals surface area contributed by atoms with Crippen molar-refractivity contribution in [1.29, 1.82) is 0 Å². The van der Waals surface area contributed by atoms with E-state index in [1.165, 1.54) is 10.9 Å². The third kappa shape index (κ3) is 2.17. The molecule has 4 heteroatoms. The lowest BCUT2D eigenvalue weighted by atomic mass is 9.95. The van der Waals surface area contributed by atoms with Gasteiger partial charge < -0.3 is 9.97 Å². The molecular formula is C15H15N3O. The molecule has 3 rings (SSSR count). The number of benzene rings is 1. The Morgan fingerprint density at radius 3 is 2.95 bits per heavy atom. The van der Waals surface area contributed by atoms with E-state index in [4.69, 9.17) is 0 Å². The van der Waals surface area contributed by atoms with Gasteiger partial charge in [-0.1, -0.05) is 25.1 Å². The van der Waals surface area contributed by atoms with Gasteiger partial charge in [0.2, 0.25) is 0 Å². The number of Topliss-reactive ketones (excluding diaryl/α,β-unsaturated/α-hetero) is 1. The van der Waals surface area contributed by atoms with Crippen LogP contribution in [0.1, 0.15) is 35.4 Å². The van der Waals surface area contributed by atoms with E-state index in [1.807, 2.05) is 24.4 Å². The Labute approximate surface area is 110 Å². The van der Waals surface area contributed by atoms with Gasteiger partial charge in [0.15, 0.2) is 11.6 Å². The van der Waals surface area contributed by atoms with Crippen LogP contribution >= 0.6 is 0 Å². The Morgan fingerprint density at radius 2 is 2.16 bits per heavy atom. The van der Waals surface area contributed by atoms with E-state index in [9.17, 15) is 4.79 Å². The van der Waals surface area contributed by atoms with Gasteiger partial charge in [-0.25, -0.2) is 4.98 Å². The van der Waals surface area contributed by atoms with Crippen LogP contribution in [-0.2, 0) is 0 Å². The zero-order valence-electron chi connectivity index (χ0n) is 10.7. The average molecular weight is 253 g/mol. The van der Waals surface area contributed by atoms with E-state index in [-0.39, 0.29) is 11.7 Å². The first-order valence-corrected chi connectivity index (χ1v) is 6.34. The third-order valence-electron chi connectivity index (χ3n) is 3.41. The fourth-order valence-electron chi connectivity index (χ4n) is 2.40. The average Bonchev–Trinajstić information content (AvgIpc) is 3.08. The zero-order valence-corrected chi connectivity index (χ0v) is 10.7. The Morgan fingerprint density at radius 1 is 1.32 bits per heavy atom. The number of hydrogen-bond donors (Lipinski definition) is 2. The van der Waals surface area contributed by atoms with Crippen molar-refractivity contribution in [3.05, 3.63) is 54.2 Å². The van der Waals surface area contributed by atoms with Crippen molar-refractivity contribution in [1.82, 2.24) is 15.0 Å². The molecule has 0 aliphatic carbocycles. The summed E-state index contributed by atoms with van der Waals surface area (Å²) in [5.74, 6) is 0.642. The number of aromatic nitrogens is 3. The highest BCUT2D eigenvalue weighted by Gasteiger charge is 2.17. The van der Waals surface area contributed by atoms with Crippen molar-refractivity contribution >= 4 is 16.7 Å². The predicted molar refractivity (Wildman–Crippen MR) is 74.2 cm³/mol. The SMILES string of the molecule is CC(CC(=O)c1ncc[nH]1)c1c[nH]c2ccccc12. The molecule has 2 heterocycles. The van der Waals surface area contributed by atoms with Gasteiger partial charge in [0.1, 0.15) is 0 Å². The van der Waals surface area contributed by atoms with Crippen molar-refractivity contribution in [2.24, 2.45) is 0 Å². The molecule has 3 aromatic rings. The molecule has 0 radical (unpaired) electrons. The van der Waals surface area contributed by atoms with E-state index in [0.29, 0.717) is 12.2 Å². The molecule has 0 aliphatic rings. The molecule has 2 N–H and O–H groups in total. The van der Waals surface area contributed by atoms with Crippen LogP contribution in [0.4, 0.5) is 0 Å². The first kappa shape index (κ1) is 11.7. The summed E-state index contributed by atoms with van der Waals surface area (Å²) < 4.78 is 0. The molecule has 19 heavy (non-hydrogen) atoms. The number of hydrogen-bond acceptors (Lipinski definition) is 2. The summed E-state index contributed by atoms with van der Waals surface area (Å²) in [7, 11) is 0. The molecule has 1 unspecified atom stereocenters. The van der Waals surface area contributed by atoms with Gasteiger partial charge in [-0.2, -0.15) is 0 Å². The van der Waals surface area contributed by atoms with Crippen molar-refractivity contribution < 1.29 is 4.79 Å². The predicted octanol–water partition coefficient (Wildman–Crippen LogP) is 3.27. The van der Waals surface area contributed by atoms with Gasteiger partial charge in [-0.05, 0) is 17.5 Å². The number of para-hydroxylation sites is 1. The highest BCUT2D eigenvalue weighted by molar-refractivity contribution is 5.93. The van der Waals surface area contributed by atoms with E-state index >= 15 is 0 Å². The second-order valence-electron chi connectivity index (χ2n) is 4.76. The van der Waals surface area contributed by atoms with Gasteiger partial charge in [-0.15, -0.1) is 0 Å². The lowest BCUT2D eigenvalue weighted by molar-refractivity contribution is 0.0966. The zero-order chi connectivity index (χ0) is 13.2. The third-order valence-corrected chi connectivity index (χ3v) is 3.41. The number of nitrogens with one attached hydrogen (secondary N) is 2. The lowest BCUT2D eigenvalue weighted by Crippen LogP contribution is -2.06. The quantitative estimate of drug-likeness (QED) is 0.701. The number of aromatic amines is 2. The fraction of sp³-hybridized carbons (Fsp3) is 0.200. The number of nitrogens with zero attached hydrogens (tertiary/aromatic N) is 1. The highest BCUT2D eigenvalue weighted by Crippen LogP contribution is 2.28. The Hall–Kier alpha value is -2.36. The topological polar surface area (TPSA) is 61.5 Å². The van der Waals surface area contributed by atoms with Gasteiger partial charge in [0.25, 0.3) is 0 Å². The van der Waals surface area contributed by atoms with Crippen molar-refractivity contribution in [3.8, 4) is 0 Å². The van der Waals surface area contributed by atoms with Crippen LogP contribution in [0.5, 0.6) is 0 Å². The summed E-state index contributed by atoms with van der Waals surface area (Å²) in [5.41, 5.74) is 2.28. The van der Waals surface area contributed by atoms with Crippen LogP contribution in [0.3, 0.4) is 0 Å². The Kier molecular flexibility index (Phi) is 2.91. The summed E-state index contributed by atoms with van der Waals surface area (Å²) in [4.78, 5) is 22.1. The number of H-pyrrole nitrogens is 2. The smallest absolute Gasteiger partial charge is 0.198 e. The van der Waals surface area contributed by atoms with Gasteiger partial charge in [-0.3, -0.25) is 4.79 Å². The van der Waals surface area contributed by atoms with E-state index in [0.717, 1.165) is 5.52 Å². The van der Waals surface area contributed by atoms with Crippen molar-refractivity contribution in [3.63, 3.8) is 0 Å². The largest absolute Gasteiger partial charge is 0.361 e. The second-order valence-corrected chi connectivity index (χ2v) is 4.76.